The molecular formula is C26H36O11. The number of methoxy groups -OCH3 is 2. The van der Waals surface area contributed by atoms with Crippen molar-refractivity contribution < 1.29 is 54.7 Å². The Bertz CT molecular complexity index is 1010. The van der Waals surface area contributed by atoms with Crippen molar-refractivity contribution in [1.82, 2.24) is 0 Å². The van der Waals surface area contributed by atoms with Gasteiger partial charge in [0.1, 0.15) is 24.4 Å². The van der Waals surface area contributed by atoms with Gasteiger partial charge in [0.25, 0.3) is 0 Å². The van der Waals surface area contributed by atoms with E-state index in [9.17, 15) is 35.7 Å². The molecule has 6 unspecified atom stereocenters. The van der Waals surface area contributed by atoms with Crippen molar-refractivity contribution in [3.8, 4) is 23.0 Å². The van der Waals surface area contributed by atoms with Crippen molar-refractivity contribution in [3.05, 3.63) is 47.0 Å². The molecule has 7 N–H and O–H groups in total. The smallest absolute Gasteiger partial charge is 0.229 e. The molecule has 1 aliphatic heterocycles. The van der Waals surface area contributed by atoms with E-state index in [0.29, 0.717) is 24.8 Å². The van der Waals surface area contributed by atoms with Crippen LogP contribution in [-0.2, 0) is 17.6 Å². The van der Waals surface area contributed by atoms with Gasteiger partial charge in [-0.05, 0) is 48.6 Å². The third-order valence-corrected chi connectivity index (χ3v) is 6.46. The van der Waals surface area contributed by atoms with E-state index >= 15 is 0 Å². The number of hydrogen-bond donors (Lipinski definition) is 7. The predicted octanol–water partition coefficient (Wildman–Crippen LogP) is -0.168. The second-order valence-electron chi connectivity index (χ2n) is 8.95. The van der Waals surface area contributed by atoms with E-state index < -0.39 is 43.2 Å². The third kappa shape index (κ3) is 6.63. The molecule has 0 spiro atoms. The predicted molar refractivity (Wildman–Crippen MR) is 131 cm³/mol. The second-order valence-corrected chi connectivity index (χ2v) is 8.95. The van der Waals surface area contributed by atoms with Gasteiger partial charge in [0.2, 0.25) is 6.29 Å². The number of aromatic hydroxyl groups is 1. The average molecular weight is 525 g/mol. The number of aliphatic hydroxyl groups is 6. The second kappa shape index (κ2) is 13.2. The lowest BCUT2D eigenvalue weighted by atomic mass is 9.89. The zero-order valence-electron chi connectivity index (χ0n) is 20.9. The van der Waals surface area contributed by atoms with E-state index in [0.717, 1.165) is 11.1 Å². The Morgan fingerprint density at radius 3 is 2.22 bits per heavy atom. The first kappa shape index (κ1) is 28.9. The highest BCUT2D eigenvalue weighted by Gasteiger charge is 2.45. The summed E-state index contributed by atoms with van der Waals surface area (Å²) in [5, 5.41) is 70.0. The van der Waals surface area contributed by atoms with Gasteiger partial charge < -0.3 is 54.7 Å². The summed E-state index contributed by atoms with van der Waals surface area (Å²) in [6, 6.07) is 8.35. The molecule has 1 fully saturated rings. The monoisotopic (exact) mass is 524 g/mol. The minimum atomic E-state index is -1.64. The van der Waals surface area contributed by atoms with Crippen LogP contribution in [0.25, 0.3) is 0 Å². The van der Waals surface area contributed by atoms with E-state index in [2.05, 4.69) is 0 Å². The lowest BCUT2D eigenvalue weighted by Crippen LogP contribution is -2.60. The number of rotatable bonds is 12. The standard InChI is InChI=1S/C26H36O11/c1-34-19-10-15(5-6-18(19)30)8-16(12-28)17-9-14(4-3-7-27)11-20(35-2)25(17)37-26-24(33)23(32)22(31)21(13-29)36-26/h5-6,9-11,16,21-24,26-33H,3-4,7-8,12-13H2,1-2H3. The Kier molecular flexibility index (Phi) is 10.4. The highest BCUT2D eigenvalue weighted by molar-refractivity contribution is 5.52. The molecule has 0 aromatic heterocycles. The molecule has 2 aromatic carbocycles. The van der Waals surface area contributed by atoms with Gasteiger partial charge in [0.05, 0.1) is 27.4 Å². The number of phenolic OH excluding ortho intramolecular Hbond substituents is 1. The number of ether oxygens (including phenoxy) is 4. The molecular weight excluding hydrogens is 488 g/mol. The summed E-state index contributed by atoms with van der Waals surface area (Å²) in [7, 11) is 2.86. The number of phenols is 1. The highest BCUT2D eigenvalue weighted by atomic mass is 16.7. The Hall–Kier alpha value is -2.64. The maximum absolute atomic E-state index is 10.5. The summed E-state index contributed by atoms with van der Waals surface area (Å²) in [4.78, 5) is 0. The summed E-state index contributed by atoms with van der Waals surface area (Å²) in [5.41, 5.74) is 2.08. The van der Waals surface area contributed by atoms with E-state index in [1.807, 2.05) is 0 Å². The summed E-state index contributed by atoms with van der Waals surface area (Å²) >= 11 is 0. The van der Waals surface area contributed by atoms with Gasteiger partial charge in [-0.15, -0.1) is 0 Å². The number of aliphatic hydroxyl groups excluding tert-OH is 6. The summed E-state index contributed by atoms with van der Waals surface area (Å²) in [6.07, 6.45) is -6.12. The molecule has 1 aliphatic rings. The van der Waals surface area contributed by atoms with Crippen molar-refractivity contribution >= 4 is 0 Å². The highest BCUT2D eigenvalue weighted by Crippen LogP contribution is 2.41. The minimum Gasteiger partial charge on any atom is -0.504 e. The molecule has 1 heterocycles. The fourth-order valence-electron chi connectivity index (χ4n) is 4.38. The Morgan fingerprint density at radius 1 is 0.892 bits per heavy atom. The van der Waals surface area contributed by atoms with Gasteiger partial charge in [0, 0.05) is 18.1 Å². The third-order valence-electron chi connectivity index (χ3n) is 6.46. The van der Waals surface area contributed by atoms with E-state index in [4.69, 9.17) is 18.9 Å². The van der Waals surface area contributed by atoms with Gasteiger partial charge in [-0.2, -0.15) is 0 Å². The molecule has 0 amide bonds. The van der Waals surface area contributed by atoms with Crippen LogP contribution in [0.2, 0.25) is 0 Å². The average Bonchev–Trinajstić information content (AvgIpc) is 2.91. The largest absolute Gasteiger partial charge is 0.504 e. The first-order valence-corrected chi connectivity index (χ1v) is 12.0. The van der Waals surface area contributed by atoms with Crippen molar-refractivity contribution in [3.63, 3.8) is 0 Å². The molecule has 206 valence electrons. The summed E-state index contributed by atoms with van der Waals surface area (Å²) in [5.74, 6) is 0.123. The summed E-state index contributed by atoms with van der Waals surface area (Å²) in [6.45, 7) is -0.935. The van der Waals surface area contributed by atoms with Crippen molar-refractivity contribution in [2.24, 2.45) is 0 Å². The van der Waals surface area contributed by atoms with Crippen LogP contribution in [0.1, 0.15) is 29.0 Å². The molecule has 0 bridgehead atoms. The molecule has 6 atom stereocenters. The fourth-order valence-corrected chi connectivity index (χ4v) is 4.38. The van der Waals surface area contributed by atoms with Gasteiger partial charge in [-0.3, -0.25) is 0 Å². The van der Waals surface area contributed by atoms with Crippen LogP contribution in [0.15, 0.2) is 30.3 Å². The molecule has 11 heteroatoms. The van der Waals surface area contributed by atoms with Gasteiger partial charge in [-0.25, -0.2) is 0 Å². The molecule has 0 saturated carbocycles. The van der Waals surface area contributed by atoms with Crippen molar-refractivity contribution in [2.75, 3.05) is 34.0 Å². The van der Waals surface area contributed by atoms with Gasteiger partial charge in [-0.1, -0.05) is 12.1 Å². The van der Waals surface area contributed by atoms with E-state index in [1.165, 1.54) is 20.3 Å². The quantitative estimate of drug-likeness (QED) is 0.196. The van der Waals surface area contributed by atoms with E-state index in [1.54, 1.807) is 24.3 Å². The first-order valence-electron chi connectivity index (χ1n) is 12.0. The molecule has 37 heavy (non-hydrogen) atoms. The Labute approximate surface area is 215 Å². The van der Waals surface area contributed by atoms with Gasteiger partial charge >= 0.3 is 0 Å². The lowest BCUT2D eigenvalue weighted by molar-refractivity contribution is -0.277. The normalized spacial score (nSPS) is 24.5. The lowest BCUT2D eigenvalue weighted by Gasteiger charge is -2.40. The van der Waals surface area contributed by atoms with Crippen LogP contribution in [-0.4, -0.2) is 100 Å². The van der Waals surface area contributed by atoms with Gasteiger partial charge in [0.15, 0.2) is 23.0 Å². The first-order chi connectivity index (χ1) is 17.8. The Morgan fingerprint density at radius 2 is 1.59 bits per heavy atom. The Balaban J connectivity index is 2.04. The molecule has 0 aliphatic carbocycles. The zero-order chi connectivity index (χ0) is 27.1. The molecule has 3 rings (SSSR count). The summed E-state index contributed by atoms with van der Waals surface area (Å²) < 4.78 is 22.3. The number of aryl methyl sites for hydroxylation is 1. The molecule has 1 saturated heterocycles. The fraction of sp³-hybridized carbons (Fsp3) is 0.538. The maximum atomic E-state index is 10.5. The van der Waals surface area contributed by atoms with Crippen LogP contribution in [0.5, 0.6) is 23.0 Å². The van der Waals surface area contributed by atoms with Crippen LogP contribution in [0.3, 0.4) is 0 Å². The van der Waals surface area contributed by atoms with E-state index in [-0.39, 0.29) is 36.2 Å². The number of benzene rings is 2. The minimum absolute atomic E-state index is 0.0164. The van der Waals surface area contributed by atoms with Crippen LogP contribution in [0, 0.1) is 0 Å². The molecule has 11 nitrogen and oxygen atoms in total. The zero-order valence-corrected chi connectivity index (χ0v) is 20.9. The SMILES string of the molecule is COc1cc(CC(CO)c2cc(CCCO)cc(OC)c2OC2OC(CO)C(O)C(O)C2O)ccc1O. The van der Waals surface area contributed by atoms with Crippen molar-refractivity contribution in [2.45, 2.75) is 55.9 Å². The molecule has 0 radical (unpaired) electrons. The number of hydrogen-bond acceptors (Lipinski definition) is 11. The van der Waals surface area contributed by atoms with Crippen molar-refractivity contribution in [1.29, 1.82) is 0 Å². The van der Waals surface area contributed by atoms with Crippen LogP contribution >= 0.6 is 0 Å². The molecule has 2 aromatic rings. The topological polar surface area (TPSA) is 179 Å². The van der Waals surface area contributed by atoms with Crippen LogP contribution < -0.4 is 14.2 Å². The maximum Gasteiger partial charge on any atom is 0.229 e. The van der Waals surface area contributed by atoms with Crippen LogP contribution in [0.4, 0.5) is 0 Å².